The van der Waals surface area contributed by atoms with Crippen LogP contribution in [0.2, 0.25) is 0 Å². The third kappa shape index (κ3) is 3.40. The molecule has 0 aliphatic heterocycles. The van der Waals surface area contributed by atoms with Crippen LogP contribution in [0.4, 0.5) is 11.5 Å². The van der Waals surface area contributed by atoms with Crippen molar-refractivity contribution in [2.75, 3.05) is 11.1 Å². The van der Waals surface area contributed by atoms with E-state index in [4.69, 9.17) is 10.2 Å². The van der Waals surface area contributed by atoms with Gasteiger partial charge in [-0.25, -0.2) is 9.97 Å². The number of amides is 1. The maximum absolute atomic E-state index is 13.2. The molecule has 0 saturated carbocycles. The second-order valence-corrected chi connectivity index (χ2v) is 7.04. The van der Waals surface area contributed by atoms with E-state index < -0.39 is 0 Å². The molecule has 0 aliphatic carbocycles. The average molecular weight is 410 g/mol. The molecule has 3 aromatic heterocycles. The zero-order chi connectivity index (χ0) is 21.4. The van der Waals surface area contributed by atoms with Gasteiger partial charge in [-0.3, -0.25) is 4.79 Å². The van der Waals surface area contributed by atoms with Crippen LogP contribution in [0, 0.1) is 6.92 Å². The molecule has 31 heavy (non-hydrogen) atoms. The molecule has 8 heteroatoms. The highest BCUT2D eigenvalue weighted by molar-refractivity contribution is 6.16. The molecule has 3 N–H and O–H groups in total. The molecular formula is C23H18N6O2. The van der Waals surface area contributed by atoms with Crippen molar-refractivity contribution in [1.82, 2.24) is 14.6 Å². The molecule has 152 valence electrons. The smallest absolute Gasteiger partial charge is 0.261 e. The summed E-state index contributed by atoms with van der Waals surface area (Å²) >= 11 is 0. The third-order valence-electron chi connectivity index (χ3n) is 4.82. The maximum atomic E-state index is 13.2. The number of nitrogen functional groups attached to an aromatic ring is 1. The lowest BCUT2D eigenvalue weighted by molar-refractivity contribution is 0.102. The van der Waals surface area contributed by atoms with E-state index in [9.17, 15) is 4.79 Å². The van der Waals surface area contributed by atoms with E-state index in [1.54, 1.807) is 18.4 Å². The number of benzene rings is 2. The first-order valence-corrected chi connectivity index (χ1v) is 9.63. The molecule has 0 spiro atoms. The van der Waals surface area contributed by atoms with Gasteiger partial charge in [-0.15, -0.1) is 0 Å². The topological polar surface area (TPSA) is 111 Å². The van der Waals surface area contributed by atoms with Gasteiger partial charge in [0, 0.05) is 5.69 Å². The third-order valence-corrected chi connectivity index (χ3v) is 4.82. The molecule has 0 fully saturated rings. The Kier molecular flexibility index (Phi) is 4.44. The minimum atomic E-state index is -0.385. The zero-order valence-corrected chi connectivity index (χ0v) is 16.6. The van der Waals surface area contributed by atoms with E-state index in [0.29, 0.717) is 33.6 Å². The van der Waals surface area contributed by atoms with Crippen LogP contribution in [0.1, 0.15) is 21.7 Å². The number of aryl methyl sites for hydroxylation is 1. The van der Waals surface area contributed by atoms with Crippen molar-refractivity contribution in [1.29, 1.82) is 0 Å². The van der Waals surface area contributed by atoms with Crippen molar-refractivity contribution >= 4 is 45.8 Å². The molecule has 0 radical (unpaired) electrons. The first-order chi connectivity index (χ1) is 15.1. The van der Waals surface area contributed by atoms with Crippen LogP contribution < -0.4 is 11.1 Å². The standard InChI is InChI=1S/C23H18N6O2/c1-14-6-4-7-15(12-14)26-23(30)19-20-22(28-18-10-3-2-9-17(18)27-20)29(21(19)24)25-13-16-8-5-11-31-16/h2-13H,24H2,1H3,(H,26,30). The molecule has 0 saturated heterocycles. The van der Waals surface area contributed by atoms with Crippen LogP contribution in [-0.4, -0.2) is 26.8 Å². The first kappa shape index (κ1) is 18.6. The maximum Gasteiger partial charge on any atom is 0.261 e. The predicted molar refractivity (Wildman–Crippen MR) is 120 cm³/mol. The highest BCUT2D eigenvalue weighted by atomic mass is 16.3. The van der Waals surface area contributed by atoms with Gasteiger partial charge in [0.05, 0.1) is 23.5 Å². The fourth-order valence-electron chi connectivity index (χ4n) is 3.38. The van der Waals surface area contributed by atoms with E-state index in [0.717, 1.165) is 5.56 Å². The normalized spacial score (nSPS) is 11.5. The Bertz CT molecular complexity index is 1450. The fourth-order valence-corrected chi connectivity index (χ4v) is 3.38. The van der Waals surface area contributed by atoms with Gasteiger partial charge in [0.1, 0.15) is 22.7 Å². The van der Waals surface area contributed by atoms with Crippen LogP contribution in [0.5, 0.6) is 0 Å². The average Bonchev–Trinajstić information content (AvgIpc) is 3.36. The molecule has 2 aromatic carbocycles. The Morgan fingerprint density at radius 3 is 2.65 bits per heavy atom. The Morgan fingerprint density at radius 2 is 1.90 bits per heavy atom. The van der Waals surface area contributed by atoms with Crippen molar-refractivity contribution in [3.63, 3.8) is 0 Å². The quantitative estimate of drug-likeness (QED) is 0.431. The van der Waals surface area contributed by atoms with Crippen LogP contribution in [0.25, 0.3) is 22.2 Å². The number of carbonyl (C=O) groups is 1. The SMILES string of the molecule is Cc1cccc(NC(=O)c2c(N)n(N=Cc3ccco3)c3nc4ccccc4nc23)c1. The van der Waals surface area contributed by atoms with E-state index in [-0.39, 0.29) is 17.3 Å². The number of hydrogen-bond acceptors (Lipinski definition) is 6. The predicted octanol–water partition coefficient (Wildman–Crippen LogP) is 4.20. The number of nitrogens with zero attached hydrogens (tertiary/aromatic N) is 4. The molecule has 0 unspecified atom stereocenters. The summed E-state index contributed by atoms with van der Waals surface area (Å²) in [4.78, 5) is 22.5. The van der Waals surface area contributed by atoms with Gasteiger partial charge in [0.25, 0.3) is 5.91 Å². The molecule has 0 atom stereocenters. The Labute approximate surface area is 177 Å². The summed E-state index contributed by atoms with van der Waals surface area (Å²) in [6.07, 6.45) is 3.06. The second-order valence-electron chi connectivity index (χ2n) is 7.04. The number of para-hydroxylation sites is 2. The van der Waals surface area contributed by atoms with E-state index in [2.05, 4.69) is 20.4 Å². The van der Waals surface area contributed by atoms with Crippen molar-refractivity contribution < 1.29 is 9.21 Å². The summed E-state index contributed by atoms with van der Waals surface area (Å²) < 4.78 is 6.71. The number of furan rings is 1. The lowest BCUT2D eigenvalue weighted by Gasteiger charge is -2.06. The number of nitrogens with two attached hydrogens (primary N) is 1. The van der Waals surface area contributed by atoms with Crippen molar-refractivity contribution in [3.8, 4) is 0 Å². The second kappa shape index (κ2) is 7.42. The highest BCUT2D eigenvalue weighted by Crippen LogP contribution is 2.28. The molecular weight excluding hydrogens is 392 g/mol. The van der Waals surface area contributed by atoms with Crippen molar-refractivity contribution in [2.45, 2.75) is 6.92 Å². The lowest BCUT2D eigenvalue weighted by atomic mass is 10.2. The first-order valence-electron chi connectivity index (χ1n) is 9.63. The van der Waals surface area contributed by atoms with Gasteiger partial charge in [-0.1, -0.05) is 24.3 Å². The number of anilines is 2. The van der Waals surface area contributed by atoms with Gasteiger partial charge in [0.2, 0.25) is 0 Å². The van der Waals surface area contributed by atoms with Crippen molar-refractivity contribution in [2.24, 2.45) is 5.10 Å². The summed E-state index contributed by atoms with van der Waals surface area (Å²) in [5.74, 6) is 0.295. The largest absolute Gasteiger partial charge is 0.463 e. The summed E-state index contributed by atoms with van der Waals surface area (Å²) in [6.45, 7) is 1.96. The number of rotatable bonds is 4. The Morgan fingerprint density at radius 1 is 1.10 bits per heavy atom. The summed E-state index contributed by atoms with van der Waals surface area (Å²) in [5, 5.41) is 7.29. The number of fused-ring (bicyclic) bond motifs is 2. The van der Waals surface area contributed by atoms with Crippen LogP contribution in [0.3, 0.4) is 0 Å². The molecule has 5 rings (SSSR count). The Hall–Kier alpha value is -4.46. The molecule has 5 aromatic rings. The van der Waals surface area contributed by atoms with Crippen molar-refractivity contribution in [3.05, 3.63) is 83.8 Å². The van der Waals surface area contributed by atoms with Gasteiger partial charge in [-0.05, 0) is 48.9 Å². The van der Waals surface area contributed by atoms with E-state index in [1.165, 1.54) is 10.9 Å². The summed E-state index contributed by atoms with van der Waals surface area (Å²) in [6, 6.07) is 18.5. The van der Waals surface area contributed by atoms with Gasteiger partial charge >= 0.3 is 0 Å². The fraction of sp³-hybridized carbons (Fsp3) is 0.0435. The van der Waals surface area contributed by atoms with E-state index in [1.807, 2.05) is 55.5 Å². The summed E-state index contributed by atoms with van der Waals surface area (Å²) in [5.41, 5.74) is 10.4. The minimum Gasteiger partial charge on any atom is -0.463 e. The number of hydrogen-bond donors (Lipinski definition) is 2. The highest BCUT2D eigenvalue weighted by Gasteiger charge is 2.24. The van der Waals surface area contributed by atoms with Gasteiger partial charge in [0.15, 0.2) is 5.65 Å². The molecule has 0 bridgehead atoms. The lowest BCUT2D eigenvalue weighted by Crippen LogP contribution is -2.14. The van der Waals surface area contributed by atoms with Crippen LogP contribution >= 0.6 is 0 Å². The summed E-state index contributed by atoms with van der Waals surface area (Å²) in [7, 11) is 0. The Balaban J connectivity index is 1.68. The van der Waals surface area contributed by atoms with E-state index >= 15 is 0 Å². The molecule has 3 heterocycles. The van der Waals surface area contributed by atoms with Crippen LogP contribution in [-0.2, 0) is 0 Å². The molecule has 0 aliphatic rings. The zero-order valence-electron chi connectivity index (χ0n) is 16.6. The van der Waals surface area contributed by atoms with Gasteiger partial charge in [-0.2, -0.15) is 9.78 Å². The molecule has 1 amide bonds. The minimum absolute atomic E-state index is 0.137. The number of carbonyl (C=O) groups excluding carboxylic acids is 1. The monoisotopic (exact) mass is 410 g/mol. The molecule has 8 nitrogen and oxygen atoms in total. The number of nitrogens with one attached hydrogen (secondary N) is 1. The number of aromatic nitrogens is 3. The van der Waals surface area contributed by atoms with Crippen LogP contribution in [0.15, 0.2) is 76.4 Å². The van der Waals surface area contributed by atoms with Gasteiger partial charge < -0.3 is 15.5 Å².